The normalized spacial score (nSPS) is 10.1. The van der Waals surface area contributed by atoms with Crippen molar-refractivity contribution in [2.24, 2.45) is 0 Å². The summed E-state index contributed by atoms with van der Waals surface area (Å²) in [6, 6.07) is 10.5. The highest BCUT2D eigenvalue weighted by molar-refractivity contribution is 9.10. The third kappa shape index (κ3) is 3.30. The van der Waals surface area contributed by atoms with E-state index in [0.717, 1.165) is 15.9 Å². The van der Waals surface area contributed by atoms with Crippen LogP contribution >= 0.6 is 15.9 Å². The number of anilines is 1. The van der Waals surface area contributed by atoms with Gasteiger partial charge >= 0.3 is 5.97 Å². The molecule has 4 nitrogen and oxygen atoms in total. The van der Waals surface area contributed by atoms with Gasteiger partial charge in [-0.15, -0.1) is 0 Å². The second kappa shape index (κ2) is 5.64. The number of nitrogens with zero attached hydrogens (tertiary/aromatic N) is 1. The molecular formula is C13H11BrN2O2. The van der Waals surface area contributed by atoms with Crippen molar-refractivity contribution < 1.29 is 9.90 Å². The number of carboxylic acids is 1. The maximum Gasteiger partial charge on any atom is 0.335 e. The zero-order chi connectivity index (χ0) is 13.0. The number of nitrogens with one attached hydrogen (secondary N) is 1. The Morgan fingerprint density at radius 3 is 2.50 bits per heavy atom. The molecule has 0 spiro atoms. The van der Waals surface area contributed by atoms with Crippen LogP contribution < -0.4 is 5.32 Å². The molecule has 0 amide bonds. The van der Waals surface area contributed by atoms with Crippen LogP contribution in [0.5, 0.6) is 0 Å². The monoisotopic (exact) mass is 306 g/mol. The highest BCUT2D eigenvalue weighted by Gasteiger charge is 2.01. The number of pyridine rings is 1. The van der Waals surface area contributed by atoms with Crippen LogP contribution in [0, 0.1) is 0 Å². The van der Waals surface area contributed by atoms with E-state index in [1.165, 1.54) is 0 Å². The number of carbonyl (C=O) groups is 1. The van der Waals surface area contributed by atoms with Crippen LogP contribution in [-0.2, 0) is 6.54 Å². The van der Waals surface area contributed by atoms with Gasteiger partial charge in [0, 0.05) is 17.2 Å². The topological polar surface area (TPSA) is 62.2 Å². The van der Waals surface area contributed by atoms with Gasteiger partial charge in [0.25, 0.3) is 0 Å². The lowest BCUT2D eigenvalue weighted by Crippen LogP contribution is -2.02. The van der Waals surface area contributed by atoms with Crippen LogP contribution in [0.1, 0.15) is 15.9 Å². The van der Waals surface area contributed by atoms with Gasteiger partial charge in [0.05, 0.1) is 5.56 Å². The Morgan fingerprint density at radius 1 is 1.22 bits per heavy atom. The van der Waals surface area contributed by atoms with Crippen molar-refractivity contribution in [3.63, 3.8) is 0 Å². The molecule has 1 heterocycles. The Morgan fingerprint density at radius 2 is 1.94 bits per heavy atom. The Hall–Kier alpha value is -1.88. The summed E-state index contributed by atoms with van der Waals surface area (Å²) in [5, 5.41) is 11.9. The fourth-order valence-electron chi connectivity index (χ4n) is 1.44. The van der Waals surface area contributed by atoms with E-state index in [1.54, 1.807) is 30.5 Å². The molecule has 0 atom stereocenters. The number of aromatic nitrogens is 1. The third-order valence-electron chi connectivity index (χ3n) is 2.40. The lowest BCUT2D eigenvalue weighted by atomic mass is 10.1. The third-order valence-corrected chi connectivity index (χ3v) is 2.87. The largest absolute Gasteiger partial charge is 0.478 e. The Bertz CT molecular complexity index is 538. The zero-order valence-corrected chi connectivity index (χ0v) is 11.0. The molecule has 2 rings (SSSR count). The highest BCUT2D eigenvalue weighted by atomic mass is 79.9. The average molecular weight is 307 g/mol. The average Bonchev–Trinajstić information content (AvgIpc) is 2.38. The van der Waals surface area contributed by atoms with Crippen LogP contribution in [0.15, 0.2) is 47.1 Å². The second-order valence-electron chi connectivity index (χ2n) is 3.72. The minimum absolute atomic E-state index is 0.292. The van der Waals surface area contributed by atoms with E-state index < -0.39 is 5.97 Å². The summed E-state index contributed by atoms with van der Waals surface area (Å²) in [6.45, 7) is 0.606. The van der Waals surface area contributed by atoms with E-state index in [0.29, 0.717) is 12.1 Å². The maximum absolute atomic E-state index is 10.7. The molecule has 0 radical (unpaired) electrons. The highest BCUT2D eigenvalue weighted by Crippen LogP contribution is 2.12. The quantitative estimate of drug-likeness (QED) is 0.911. The van der Waals surface area contributed by atoms with Gasteiger partial charge in [0.15, 0.2) is 0 Å². The number of hydrogen-bond donors (Lipinski definition) is 2. The fraction of sp³-hybridized carbons (Fsp3) is 0.0769. The van der Waals surface area contributed by atoms with E-state index in [2.05, 4.69) is 26.2 Å². The van der Waals surface area contributed by atoms with Crippen molar-refractivity contribution in [3.05, 3.63) is 58.2 Å². The summed E-state index contributed by atoms with van der Waals surface area (Å²) >= 11 is 3.32. The molecule has 0 saturated heterocycles. The van der Waals surface area contributed by atoms with E-state index in [9.17, 15) is 4.79 Å². The Kier molecular flexibility index (Phi) is 3.94. The molecule has 18 heavy (non-hydrogen) atoms. The zero-order valence-electron chi connectivity index (χ0n) is 9.43. The number of aromatic carboxylic acids is 1. The minimum Gasteiger partial charge on any atom is -0.478 e. The van der Waals surface area contributed by atoms with Crippen LogP contribution in [0.4, 0.5) is 5.82 Å². The van der Waals surface area contributed by atoms with E-state index >= 15 is 0 Å². The van der Waals surface area contributed by atoms with Crippen LogP contribution in [0.2, 0.25) is 0 Å². The van der Waals surface area contributed by atoms with Gasteiger partial charge in [-0.3, -0.25) is 0 Å². The first-order valence-electron chi connectivity index (χ1n) is 5.33. The Labute approximate surface area is 113 Å². The number of benzene rings is 1. The molecule has 0 aliphatic heterocycles. The van der Waals surface area contributed by atoms with Crippen molar-refractivity contribution >= 4 is 27.7 Å². The molecule has 0 unspecified atom stereocenters. The van der Waals surface area contributed by atoms with Gasteiger partial charge in [-0.2, -0.15) is 0 Å². The molecule has 0 bridgehead atoms. The predicted molar refractivity (Wildman–Crippen MR) is 72.7 cm³/mol. The molecule has 1 aromatic heterocycles. The first kappa shape index (κ1) is 12.6. The molecule has 92 valence electrons. The molecular weight excluding hydrogens is 296 g/mol. The molecule has 2 aromatic rings. The van der Waals surface area contributed by atoms with Crippen molar-refractivity contribution in [2.45, 2.75) is 6.54 Å². The first-order chi connectivity index (χ1) is 8.65. The lowest BCUT2D eigenvalue weighted by molar-refractivity contribution is 0.0697. The second-order valence-corrected chi connectivity index (χ2v) is 4.63. The van der Waals surface area contributed by atoms with Crippen LogP contribution in [0.3, 0.4) is 0 Å². The summed E-state index contributed by atoms with van der Waals surface area (Å²) in [7, 11) is 0. The van der Waals surface area contributed by atoms with E-state index in [4.69, 9.17) is 5.11 Å². The summed E-state index contributed by atoms with van der Waals surface area (Å²) in [5.74, 6) is -0.135. The van der Waals surface area contributed by atoms with Gasteiger partial charge in [0.1, 0.15) is 5.82 Å². The fourth-order valence-corrected chi connectivity index (χ4v) is 1.67. The molecule has 0 aliphatic rings. The van der Waals surface area contributed by atoms with Crippen molar-refractivity contribution in [1.82, 2.24) is 4.98 Å². The molecule has 1 aromatic carbocycles. The molecule has 2 N–H and O–H groups in total. The predicted octanol–water partition coefficient (Wildman–Crippen LogP) is 3.15. The summed E-state index contributed by atoms with van der Waals surface area (Å²) in [5.41, 5.74) is 1.30. The van der Waals surface area contributed by atoms with E-state index in [1.807, 2.05) is 12.1 Å². The first-order valence-corrected chi connectivity index (χ1v) is 6.12. The van der Waals surface area contributed by atoms with Gasteiger partial charge in [-0.05, 0) is 45.8 Å². The van der Waals surface area contributed by atoms with Gasteiger partial charge in [0.2, 0.25) is 0 Å². The van der Waals surface area contributed by atoms with Crippen molar-refractivity contribution in [3.8, 4) is 0 Å². The number of hydrogen-bond acceptors (Lipinski definition) is 3. The summed E-state index contributed by atoms with van der Waals surface area (Å²) < 4.78 is 0.930. The van der Waals surface area contributed by atoms with E-state index in [-0.39, 0.29) is 0 Å². The van der Waals surface area contributed by atoms with Gasteiger partial charge in [-0.1, -0.05) is 12.1 Å². The maximum atomic E-state index is 10.7. The summed E-state index contributed by atoms with van der Waals surface area (Å²) in [4.78, 5) is 14.9. The van der Waals surface area contributed by atoms with Crippen LogP contribution in [0.25, 0.3) is 0 Å². The molecule has 0 fully saturated rings. The van der Waals surface area contributed by atoms with Gasteiger partial charge < -0.3 is 10.4 Å². The smallest absolute Gasteiger partial charge is 0.335 e. The minimum atomic E-state index is -0.913. The summed E-state index contributed by atoms with van der Waals surface area (Å²) in [6.07, 6.45) is 1.72. The number of carboxylic acid groups (broad SMARTS) is 1. The number of rotatable bonds is 4. The van der Waals surface area contributed by atoms with Gasteiger partial charge in [-0.25, -0.2) is 9.78 Å². The lowest BCUT2D eigenvalue weighted by Gasteiger charge is -2.05. The molecule has 0 saturated carbocycles. The van der Waals surface area contributed by atoms with Crippen molar-refractivity contribution in [1.29, 1.82) is 0 Å². The Balaban J connectivity index is 1.97. The standard InChI is InChI=1S/C13H11BrN2O2/c14-11-5-6-12(16-8-11)15-7-9-1-3-10(4-2-9)13(17)18/h1-6,8H,7H2,(H,15,16)(H,17,18). The van der Waals surface area contributed by atoms with Crippen LogP contribution in [-0.4, -0.2) is 16.1 Å². The molecule has 0 aliphatic carbocycles. The number of halogens is 1. The SMILES string of the molecule is O=C(O)c1ccc(CNc2ccc(Br)cn2)cc1. The molecule has 5 heteroatoms. The van der Waals surface area contributed by atoms with Crippen molar-refractivity contribution in [2.75, 3.05) is 5.32 Å².